The summed E-state index contributed by atoms with van der Waals surface area (Å²) in [7, 11) is -3.89. The first-order chi connectivity index (χ1) is 19.3. The van der Waals surface area contributed by atoms with Crippen LogP contribution in [0.3, 0.4) is 0 Å². The molecule has 0 aliphatic rings. The van der Waals surface area contributed by atoms with Crippen LogP contribution in [-0.4, -0.2) is 32.5 Å². The number of anilines is 1. The van der Waals surface area contributed by atoms with E-state index < -0.39 is 25.3 Å². The Morgan fingerprint density at radius 2 is 1.85 bits per heavy atom. The Morgan fingerprint density at radius 3 is 2.65 bits per heavy atom. The van der Waals surface area contributed by atoms with Crippen LogP contribution in [0.5, 0.6) is 0 Å². The number of nitrogens with two attached hydrogens (primary N) is 1. The molecule has 0 saturated carbocycles. The van der Waals surface area contributed by atoms with Crippen LogP contribution < -0.4 is 17.1 Å². The summed E-state index contributed by atoms with van der Waals surface area (Å²) >= 11 is 3.40. The number of hydrogen-bond acceptors (Lipinski definition) is 11. The molecule has 2 aromatic carbocycles. The molecule has 0 saturated heterocycles. The third kappa shape index (κ3) is 6.66. The molecule has 15 heteroatoms. The summed E-state index contributed by atoms with van der Waals surface area (Å²) < 4.78 is 43.6. The Bertz CT molecular complexity index is 1780. The fraction of sp³-hybridized carbons (Fsp3) is 0.200. The maximum atomic E-state index is 13.7. The van der Waals surface area contributed by atoms with E-state index in [-0.39, 0.29) is 49.4 Å². The van der Waals surface area contributed by atoms with Gasteiger partial charge in [-0.1, -0.05) is 58.4 Å². The van der Waals surface area contributed by atoms with Crippen molar-refractivity contribution in [3.63, 3.8) is 0 Å². The van der Waals surface area contributed by atoms with Gasteiger partial charge in [0.25, 0.3) is 5.56 Å². The van der Waals surface area contributed by atoms with E-state index >= 15 is 0 Å². The smallest absolute Gasteiger partial charge is 0.393 e. The molecule has 13 nitrogen and oxygen atoms in total. The van der Waals surface area contributed by atoms with Gasteiger partial charge in [0.2, 0.25) is 5.95 Å². The lowest BCUT2D eigenvalue weighted by molar-refractivity contribution is 0.114. The van der Waals surface area contributed by atoms with Gasteiger partial charge in [-0.15, -0.1) is 0 Å². The first kappa shape index (κ1) is 27.7. The van der Waals surface area contributed by atoms with Crippen molar-refractivity contribution in [3.8, 4) is 11.3 Å². The Kier molecular flexibility index (Phi) is 8.43. The van der Waals surface area contributed by atoms with Gasteiger partial charge in [0.05, 0.1) is 19.5 Å². The predicted octanol–water partition coefficient (Wildman–Crippen LogP) is 4.28. The van der Waals surface area contributed by atoms with E-state index in [2.05, 4.69) is 30.9 Å². The number of ether oxygens (including phenoxy) is 1. The summed E-state index contributed by atoms with van der Waals surface area (Å²) in [6.07, 6.45) is 1.02. The van der Waals surface area contributed by atoms with E-state index in [1.54, 1.807) is 28.8 Å². The zero-order chi connectivity index (χ0) is 28.1. The zero-order valence-electron chi connectivity index (χ0n) is 20.8. The number of rotatable bonds is 12. The third-order valence-electron chi connectivity index (χ3n) is 5.61. The minimum absolute atomic E-state index is 0.0287. The highest BCUT2D eigenvalue weighted by Gasteiger charge is 2.28. The maximum absolute atomic E-state index is 13.7. The highest BCUT2D eigenvalue weighted by molar-refractivity contribution is 9.10. The molecule has 0 radical (unpaired) electrons. The summed E-state index contributed by atoms with van der Waals surface area (Å²) in [5, 5.41) is 0. The van der Waals surface area contributed by atoms with Gasteiger partial charge in [-0.05, 0) is 17.7 Å². The van der Waals surface area contributed by atoms with Gasteiger partial charge >= 0.3 is 13.4 Å². The fourth-order valence-corrected chi connectivity index (χ4v) is 5.44. The zero-order valence-corrected chi connectivity index (χ0v) is 23.3. The Labute approximate surface area is 234 Å². The van der Waals surface area contributed by atoms with E-state index in [1.807, 2.05) is 30.3 Å². The number of hydrogen-bond donors (Lipinski definition) is 2. The van der Waals surface area contributed by atoms with Crippen LogP contribution in [0, 0.1) is 0 Å². The van der Waals surface area contributed by atoms with Crippen LogP contribution >= 0.6 is 23.5 Å². The molecule has 0 aliphatic heterocycles. The fourth-order valence-electron chi connectivity index (χ4n) is 3.75. The topological polar surface area (TPSA) is 178 Å². The molecule has 0 fully saturated rings. The number of nitrogen functional groups attached to an aromatic ring is 1. The number of fused-ring (bicyclic) bond motifs is 1. The molecule has 5 rings (SSSR count). The molecule has 0 amide bonds. The molecule has 3 aromatic heterocycles. The van der Waals surface area contributed by atoms with Crippen LogP contribution in [0.25, 0.3) is 22.5 Å². The van der Waals surface area contributed by atoms with Crippen LogP contribution in [0.15, 0.2) is 83.8 Å². The number of nitrogens with one attached hydrogen (secondary N) is 1. The molecule has 208 valence electrons. The molecule has 3 N–H and O–H groups in total. The minimum atomic E-state index is -3.89. The number of benzene rings is 2. The molecule has 1 unspecified atom stereocenters. The SMILES string of the molecule is Nc1nc2c(ncn2CCOCP(=O)(OCc2cccc(Br)c2)OCc2oc(=O)oc2-c2ccccc2)c(=O)[nH]1. The molecule has 3 heterocycles. The monoisotopic (exact) mass is 631 g/mol. The number of imidazole rings is 1. The van der Waals surface area contributed by atoms with Crippen molar-refractivity contribution in [1.29, 1.82) is 0 Å². The normalized spacial score (nSPS) is 13.0. The van der Waals surface area contributed by atoms with Crippen LogP contribution in [-0.2, 0) is 38.1 Å². The lowest BCUT2D eigenvalue weighted by Crippen LogP contribution is -2.13. The second-order valence-electron chi connectivity index (χ2n) is 8.46. The number of H-pyrrole nitrogens is 1. The molecule has 5 aromatic rings. The lowest BCUT2D eigenvalue weighted by Gasteiger charge is -2.18. The van der Waals surface area contributed by atoms with Crippen LogP contribution in [0.2, 0.25) is 0 Å². The number of aromatic nitrogens is 4. The summed E-state index contributed by atoms with van der Waals surface area (Å²) in [4.78, 5) is 34.4. The molecular formula is C25H23BrN5O8P. The van der Waals surface area contributed by atoms with Crippen molar-refractivity contribution in [1.82, 2.24) is 19.5 Å². The number of halogens is 1. The van der Waals surface area contributed by atoms with Gasteiger partial charge in [-0.3, -0.25) is 18.9 Å². The summed E-state index contributed by atoms with van der Waals surface area (Å²) in [5.41, 5.74) is 6.95. The second-order valence-corrected chi connectivity index (χ2v) is 11.4. The van der Waals surface area contributed by atoms with Crippen molar-refractivity contribution in [2.45, 2.75) is 19.8 Å². The van der Waals surface area contributed by atoms with E-state index in [0.717, 1.165) is 10.0 Å². The van der Waals surface area contributed by atoms with Gasteiger partial charge in [-0.2, -0.15) is 4.98 Å². The Balaban J connectivity index is 1.29. The van der Waals surface area contributed by atoms with Crippen molar-refractivity contribution >= 4 is 40.6 Å². The van der Waals surface area contributed by atoms with Crippen LogP contribution in [0.4, 0.5) is 5.95 Å². The number of aromatic amines is 1. The van der Waals surface area contributed by atoms with Gasteiger partial charge in [-0.25, -0.2) is 9.78 Å². The molecule has 0 aliphatic carbocycles. The molecule has 0 bridgehead atoms. The Hall–Kier alpha value is -3.81. The van der Waals surface area contributed by atoms with Crippen molar-refractivity contribution < 1.29 is 27.2 Å². The molecule has 1 atom stereocenters. The van der Waals surface area contributed by atoms with Gasteiger partial charge in [0, 0.05) is 16.6 Å². The van der Waals surface area contributed by atoms with E-state index in [4.69, 9.17) is 28.4 Å². The summed E-state index contributed by atoms with van der Waals surface area (Å²) in [6, 6.07) is 16.1. The highest BCUT2D eigenvalue weighted by atomic mass is 79.9. The van der Waals surface area contributed by atoms with Gasteiger partial charge in [0.1, 0.15) is 13.0 Å². The van der Waals surface area contributed by atoms with Crippen molar-refractivity contribution in [2.24, 2.45) is 0 Å². The van der Waals surface area contributed by atoms with Crippen LogP contribution in [0.1, 0.15) is 11.3 Å². The maximum Gasteiger partial charge on any atom is 0.519 e. The summed E-state index contributed by atoms with van der Waals surface area (Å²) in [6.45, 7) is -0.109. The quantitative estimate of drug-likeness (QED) is 0.148. The average molecular weight is 632 g/mol. The first-order valence-electron chi connectivity index (χ1n) is 11.9. The average Bonchev–Trinajstić information content (AvgIpc) is 3.52. The van der Waals surface area contributed by atoms with Crippen molar-refractivity contribution in [2.75, 3.05) is 18.7 Å². The molecular weight excluding hydrogens is 609 g/mol. The molecule has 40 heavy (non-hydrogen) atoms. The van der Waals surface area contributed by atoms with Gasteiger partial charge < -0.3 is 28.4 Å². The van der Waals surface area contributed by atoms with E-state index in [1.165, 1.54) is 6.33 Å². The number of nitrogens with zero attached hydrogens (tertiary/aromatic N) is 3. The largest absolute Gasteiger partial charge is 0.519 e. The highest BCUT2D eigenvalue weighted by Crippen LogP contribution is 2.50. The van der Waals surface area contributed by atoms with Gasteiger partial charge in [0.15, 0.2) is 22.7 Å². The van der Waals surface area contributed by atoms with E-state index in [0.29, 0.717) is 11.2 Å². The van der Waals surface area contributed by atoms with E-state index in [9.17, 15) is 14.2 Å². The summed E-state index contributed by atoms with van der Waals surface area (Å²) in [5.74, 6) is -0.737. The first-order valence-corrected chi connectivity index (χ1v) is 14.4. The van der Waals surface area contributed by atoms with Crippen molar-refractivity contribution in [3.05, 3.63) is 97.7 Å². The third-order valence-corrected chi connectivity index (χ3v) is 7.65. The Morgan fingerprint density at radius 1 is 1.05 bits per heavy atom. The second kappa shape index (κ2) is 12.1. The minimum Gasteiger partial charge on any atom is -0.393 e. The predicted molar refractivity (Wildman–Crippen MR) is 147 cm³/mol. The standard InChI is InChI=1S/C25H23BrN5O8P/c26-18-8-4-5-16(11-18)12-36-40(34,37-13-19-21(39-25(33)38-19)17-6-2-1-3-7-17)15-35-10-9-31-14-28-20-22(31)29-24(27)30-23(20)32/h1-8,11,14H,9-10,12-13,15H2,(H3,27,29,30,32). The lowest BCUT2D eigenvalue weighted by atomic mass is 10.1. The molecule has 0 spiro atoms.